The fourth-order valence-corrected chi connectivity index (χ4v) is 7.31. The van der Waals surface area contributed by atoms with Crippen LogP contribution in [0.2, 0.25) is 0 Å². The number of hydrogen-bond acceptors (Lipinski definition) is 4. The molecule has 2 heterocycles. The molecule has 0 aromatic heterocycles. The quantitative estimate of drug-likeness (QED) is 0.286. The van der Waals surface area contributed by atoms with Gasteiger partial charge in [-0.15, -0.1) is 0 Å². The Balaban J connectivity index is 1.12. The van der Waals surface area contributed by atoms with Crippen LogP contribution in [0.5, 0.6) is 5.75 Å². The van der Waals surface area contributed by atoms with Gasteiger partial charge in [-0.2, -0.15) is 0 Å². The molecule has 0 radical (unpaired) electrons. The Hall–Kier alpha value is -3.35. The topological polar surface area (TPSA) is 49.9 Å². The molecular formula is C32H34N2O3S. The number of anilines is 1. The van der Waals surface area contributed by atoms with Gasteiger partial charge in [-0.25, -0.2) is 8.42 Å². The molecular weight excluding hydrogens is 492 g/mol. The number of likely N-dealkylation sites (tertiary alicyclic amines) is 1. The van der Waals surface area contributed by atoms with Crippen molar-refractivity contribution < 1.29 is 13.2 Å². The molecule has 0 bridgehead atoms. The van der Waals surface area contributed by atoms with Crippen LogP contribution in [0.15, 0.2) is 95.9 Å². The van der Waals surface area contributed by atoms with E-state index in [0.717, 1.165) is 48.8 Å². The van der Waals surface area contributed by atoms with Gasteiger partial charge >= 0.3 is 0 Å². The lowest BCUT2D eigenvalue weighted by Gasteiger charge is -2.32. The first kappa shape index (κ1) is 25.0. The fraction of sp³-hybridized carbons (Fsp3) is 0.312. The molecule has 2 aliphatic heterocycles. The number of fused-ring (bicyclic) bond motifs is 2. The van der Waals surface area contributed by atoms with Crippen molar-refractivity contribution in [1.82, 2.24) is 4.90 Å². The minimum atomic E-state index is -3.70. The lowest BCUT2D eigenvalue weighted by atomic mass is 9.89. The van der Waals surface area contributed by atoms with Crippen molar-refractivity contribution in [3.05, 3.63) is 102 Å². The Morgan fingerprint density at radius 3 is 2.37 bits per heavy atom. The van der Waals surface area contributed by atoms with E-state index in [2.05, 4.69) is 41.3 Å². The minimum Gasteiger partial charge on any atom is -0.489 e. The molecule has 0 amide bonds. The van der Waals surface area contributed by atoms with E-state index >= 15 is 0 Å². The van der Waals surface area contributed by atoms with Gasteiger partial charge in [0.2, 0.25) is 0 Å². The van der Waals surface area contributed by atoms with Gasteiger partial charge in [0.05, 0.1) is 17.1 Å². The van der Waals surface area contributed by atoms with Gasteiger partial charge in [0.1, 0.15) is 12.4 Å². The smallest absolute Gasteiger partial charge is 0.264 e. The van der Waals surface area contributed by atoms with Crippen molar-refractivity contribution in [3.8, 4) is 5.75 Å². The average Bonchev–Trinajstić information content (AvgIpc) is 2.97. The first-order valence-electron chi connectivity index (χ1n) is 13.6. The standard InChI is InChI=1S/C32H34N2O3S/c35-38(36,30-14-13-27-10-4-5-11-29(27)24-30)34-21-22-37-32-15-12-25(23-31(32)34)7-6-18-33-19-16-28(17-20-33)26-8-2-1-3-9-26/h1-5,8-15,23-24,28H,6-7,16-22H2. The zero-order valence-corrected chi connectivity index (χ0v) is 22.4. The van der Waals surface area contributed by atoms with Gasteiger partial charge in [-0.05, 0) is 97.4 Å². The first-order valence-corrected chi connectivity index (χ1v) is 15.1. The van der Waals surface area contributed by atoms with Crippen molar-refractivity contribution in [3.63, 3.8) is 0 Å². The predicted molar refractivity (Wildman–Crippen MR) is 154 cm³/mol. The Bertz CT molecular complexity index is 1510. The molecule has 1 fully saturated rings. The number of aryl methyl sites for hydroxylation is 1. The van der Waals surface area contributed by atoms with Crippen molar-refractivity contribution in [2.75, 3.05) is 37.1 Å². The van der Waals surface area contributed by atoms with Gasteiger partial charge in [0.25, 0.3) is 10.0 Å². The van der Waals surface area contributed by atoms with Crippen LogP contribution in [0.1, 0.15) is 36.3 Å². The molecule has 6 rings (SSSR count). The van der Waals surface area contributed by atoms with Crippen LogP contribution < -0.4 is 9.04 Å². The molecule has 0 unspecified atom stereocenters. The number of nitrogens with zero attached hydrogens (tertiary/aromatic N) is 2. The van der Waals surface area contributed by atoms with Crippen LogP contribution in [-0.2, 0) is 16.4 Å². The summed E-state index contributed by atoms with van der Waals surface area (Å²) in [6.07, 6.45) is 4.38. The molecule has 38 heavy (non-hydrogen) atoms. The van der Waals surface area contributed by atoms with Crippen molar-refractivity contribution in [2.24, 2.45) is 0 Å². The van der Waals surface area contributed by atoms with Crippen LogP contribution in [0.4, 0.5) is 5.69 Å². The summed E-state index contributed by atoms with van der Waals surface area (Å²) in [5, 5.41) is 1.95. The Labute approximate surface area is 225 Å². The summed E-state index contributed by atoms with van der Waals surface area (Å²) >= 11 is 0. The molecule has 5 nitrogen and oxygen atoms in total. The van der Waals surface area contributed by atoms with E-state index in [1.165, 1.54) is 22.7 Å². The highest BCUT2D eigenvalue weighted by Crippen LogP contribution is 2.37. The van der Waals surface area contributed by atoms with E-state index in [4.69, 9.17) is 4.74 Å². The maximum atomic E-state index is 13.7. The van der Waals surface area contributed by atoms with Crippen LogP contribution in [0, 0.1) is 0 Å². The van der Waals surface area contributed by atoms with E-state index in [1.54, 1.807) is 12.1 Å². The monoisotopic (exact) mass is 526 g/mol. The molecule has 0 saturated carbocycles. The second kappa shape index (κ2) is 10.8. The second-order valence-corrected chi connectivity index (χ2v) is 12.2. The Kier molecular flexibility index (Phi) is 7.09. The maximum absolute atomic E-state index is 13.7. The van der Waals surface area contributed by atoms with E-state index < -0.39 is 10.0 Å². The molecule has 1 saturated heterocycles. The molecule has 2 aliphatic rings. The average molecular weight is 527 g/mol. The van der Waals surface area contributed by atoms with E-state index in [9.17, 15) is 8.42 Å². The summed E-state index contributed by atoms with van der Waals surface area (Å²) < 4.78 is 34.8. The summed E-state index contributed by atoms with van der Waals surface area (Å²) in [5.41, 5.74) is 3.25. The molecule has 0 spiro atoms. The maximum Gasteiger partial charge on any atom is 0.264 e. The SMILES string of the molecule is O=S(=O)(c1ccc2ccccc2c1)N1CCOc2ccc(CCCN3CCC(c4ccccc4)CC3)cc21. The molecule has 4 aromatic rings. The number of piperidine rings is 1. The first-order chi connectivity index (χ1) is 18.6. The number of hydrogen-bond donors (Lipinski definition) is 0. The third kappa shape index (κ3) is 5.16. The third-order valence-corrected chi connectivity index (χ3v) is 9.76. The van der Waals surface area contributed by atoms with Crippen LogP contribution >= 0.6 is 0 Å². The fourth-order valence-electron chi connectivity index (χ4n) is 5.82. The van der Waals surface area contributed by atoms with Gasteiger partial charge in [-0.1, -0.05) is 66.7 Å². The molecule has 0 aliphatic carbocycles. The summed E-state index contributed by atoms with van der Waals surface area (Å²) in [4.78, 5) is 2.88. The lowest BCUT2D eigenvalue weighted by molar-refractivity contribution is 0.210. The van der Waals surface area contributed by atoms with Crippen LogP contribution in [0.3, 0.4) is 0 Å². The Morgan fingerprint density at radius 1 is 0.789 bits per heavy atom. The minimum absolute atomic E-state index is 0.308. The Morgan fingerprint density at radius 2 is 1.55 bits per heavy atom. The van der Waals surface area contributed by atoms with Crippen molar-refractivity contribution in [2.45, 2.75) is 36.5 Å². The normalized spacial score (nSPS) is 16.8. The highest BCUT2D eigenvalue weighted by atomic mass is 32.2. The molecule has 4 aromatic carbocycles. The zero-order chi connectivity index (χ0) is 26.0. The highest BCUT2D eigenvalue weighted by Gasteiger charge is 2.30. The molecule has 196 valence electrons. The number of sulfonamides is 1. The molecule has 0 N–H and O–H groups in total. The zero-order valence-electron chi connectivity index (χ0n) is 21.6. The number of ether oxygens (including phenoxy) is 1. The largest absolute Gasteiger partial charge is 0.489 e. The van der Waals surface area contributed by atoms with Gasteiger partial charge in [0.15, 0.2) is 0 Å². The lowest BCUT2D eigenvalue weighted by Crippen LogP contribution is -2.38. The summed E-state index contributed by atoms with van der Waals surface area (Å²) in [7, 11) is -3.70. The highest BCUT2D eigenvalue weighted by molar-refractivity contribution is 7.92. The number of benzene rings is 4. The summed E-state index contributed by atoms with van der Waals surface area (Å²) in [5.74, 6) is 1.30. The van der Waals surface area contributed by atoms with E-state index in [1.807, 2.05) is 42.5 Å². The van der Waals surface area contributed by atoms with Gasteiger partial charge < -0.3 is 9.64 Å². The summed E-state index contributed by atoms with van der Waals surface area (Å²) in [6, 6.07) is 30.1. The summed E-state index contributed by atoms with van der Waals surface area (Å²) in [6.45, 7) is 3.99. The second-order valence-electron chi connectivity index (χ2n) is 10.4. The van der Waals surface area contributed by atoms with Gasteiger partial charge in [-0.3, -0.25) is 4.31 Å². The predicted octanol–water partition coefficient (Wildman–Crippen LogP) is 6.24. The van der Waals surface area contributed by atoms with Crippen LogP contribution in [-0.4, -0.2) is 46.1 Å². The van der Waals surface area contributed by atoms with Crippen molar-refractivity contribution >= 4 is 26.5 Å². The third-order valence-electron chi connectivity index (χ3n) is 7.95. The van der Waals surface area contributed by atoms with Crippen molar-refractivity contribution in [1.29, 1.82) is 0 Å². The van der Waals surface area contributed by atoms with E-state index in [-0.39, 0.29) is 0 Å². The van der Waals surface area contributed by atoms with Gasteiger partial charge in [0, 0.05) is 0 Å². The molecule has 6 heteroatoms. The van der Waals surface area contributed by atoms with Crippen LogP contribution in [0.25, 0.3) is 10.8 Å². The number of rotatable bonds is 7. The molecule has 0 atom stereocenters. The van der Waals surface area contributed by atoms with E-state index in [0.29, 0.717) is 35.4 Å².